The molecule has 39 heavy (non-hydrogen) atoms. The van der Waals surface area contributed by atoms with Gasteiger partial charge in [-0.05, 0) is 89.5 Å². The Bertz CT molecular complexity index is 1390. The first-order valence-electron chi connectivity index (χ1n) is 13.4. The number of nitrogens with zero attached hydrogens (tertiary/aromatic N) is 4. The Balaban J connectivity index is 1.36. The maximum absolute atomic E-state index is 14.9. The molecule has 0 unspecified atom stereocenters. The van der Waals surface area contributed by atoms with Gasteiger partial charge in [0.05, 0.1) is 16.4 Å². The second-order valence-electron chi connectivity index (χ2n) is 11.5. The summed E-state index contributed by atoms with van der Waals surface area (Å²) in [5, 5.41) is 5.85. The third kappa shape index (κ3) is 5.46. The normalized spacial score (nSPS) is 24.1. The highest BCUT2D eigenvalue weighted by Crippen LogP contribution is 2.49. The summed E-state index contributed by atoms with van der Waals surface area (Å²) in [6, 6.07) is 11.1. The molecule has 2 aromatic carbocycles. The Labute approximate surface area is 238 Å². The summed E-state index contributed by atoms with van der Waals surface area (Å²) in [5.41, 5.74) is 2.84. The predicted molar refractivity (Wildman–Crippen MR) is 151 cm³/mol. The van der Waals surface area contributed by atoms with Crippen LogP contribution in [-0.4, -0.2) is 58.2 Å². The third-order valence-corrected chi connectivity index (χ3v) is 9.34. The minimum atomic E-state index is -0.608. The topological polar surface area (TPSA) is 41.4 Å². The number of carbonyl (C=O) groups is 1. The Morgan fingerprint density at radius 1 is 1.05 bits per heavy atom. The van der Waals surface area contributed by atoms with Gasteiger partial charge in [0.2, 0.25) is 5.91 Å². The maximum Gasteiger partial charge on any atom is 0.226 e. The van der Waals surface area contributed by atoms with E-state index < -0.39 is 11.6 Å². The number of piperidine rings is 1. The summed E-state index contributed by atoms with van der Waals surface area (Å²) in [7, 11) is 3.99. The van der Waals surface area contributed by atoms with Gasteiger partial charge in [-0.25, -0.2) is 13.5 Å². The molecule has 1 aliphatic carbocycles. The van der Waals surface area contributed by atoms with Crippen molar-refractivity contribution in [1.82, 2.24) is 19.6 Å². The average molecular weight is 576 g/mol. The lowest BCUT2D eigenvalue weighted by Gasteiger charge is -2.35. The van der Waals surface area contributed by atoms with E-state index in [0.29, 0.717) is 41.5 Å². The number of halogens is 4. The summed E-state index contributed by atoms with van der Waals surface area (Å²) >= 11 is 12.7. The predicted octanol–water partition coefficient (Wildman–Crippen LogP) is 6.99. The maximum atomic E-state index is 14.9. The molecule has 1 saturated carbocycles. The van der Waals surface area contributed by atoms with E-state index in [4.69, 9.17) is 28.3 Å². The van der Waals surface area contributed by atoms with Crippen LogP contribution in [0.25, 0.3) is 5.69 Å². The van der Waals surface area contributed by atoms with Gasteiger partial charge in [0, 0.05) is 53.2 Å². The van der Waals surface area contributed by atoms with Gasteiger partial charge in [0.15, 0.2) is 0 Å². The molecule has 1 aromatic heterocycles. The highest BCUT2D eigenvalue weighted by molar-refractivity contribution is 6.34. The average Bonchev–Trinajstić information content (AvgIpc) is 3.46. The highest BCUT2D eigenvalue weighted by Gasteiger charge is 2.49. The Kier molecular flexibility index (Phi) is 7.79. The van der Waals surface area contributed by atoms with Crippen LogP contribution >= 0.6 is 23.2 Å². The van der Waals surface area contributed by atoms with E-state index >= 15 is 0 Å². The molecule has 9 heteroatoms. The zero-order valence-corrected chi connectivity index (χ0v) is 24.2. The molecule has 1 amide bonds. The second kappa shape index (κ2) is 10.8. The van der Waals surface area contributed by atoms with Crippen LogP contribution in [0.15, 0.2) is 42.5 Å². The smallest absolute Gasteiger partial charge is 0.226 e. The molecule has 5 nitrogen and oxygen atoms in total. The summed E-state index contributed by atoms with van der Waals surface area (Å²) in [6.07, 6.45) is 2.82. The first kappa shape index (κ1) is 28.1. The van der Waals surface area contributed by atoms with Crippen molar-refractivity contribution in [1.29, 1.82) is 0 Å². The highest BCUT2D eigenvalue weighted by atomic mass is 35.5. The number of aryl methyl sites for hydroxylation is 1. The number of amides is 1. The molecule has 0 N–H and O–H groups in total. The number of carbonyl (C=O) groups excluding carboxylic acids is 1. The molecule has 0 spiro atoms. The van der Waals surface area contributed by atoms with Crippen LogP contribution in [0.4, 0.5) is 8.78 Å². The number of likely N-dealkylation sites (tertiary alicyclic amines) is 1. The molecule has 5 rings (SSSR count). The monoisotopic (exact) mass is 574 g/mol. The van der Waals surface area contributed by atoms with Crippen LogP contribution < -0.4 is 0 Å². The van der Waals surface area contributed by atoms with Gasteiger partial charge in [-0.2, -0.15) is 5.10 Å². The zero-order valence-electron chi connectivity index (χ0n) is 22.7. The number of rotatable bonds is 5. The van der Waals surface area contributed by atoms with Crippen molar-refractivity contribution in [2.24, 2.45) is 5.92 Å². The lowest BCUT2D eigenvalue weighted by atomic mass is 9.86. The molecule has 0 radical (unpaired) electrons. The third-order valence-electron chi connectivity index (χ3n) is 8.78. The lowest BCUT2D eigenvalue weighted by Crippen LogP contribution is -2.43. The van der Waals surface area contributed by atoms with Crippen LogP contribution in [0.1, 0.15) is 61.4 Å². The van der Waals surface area contributed by atoms with Gasteiger partial charge in [-0.3, -0.25) is 4.79 Å². The van der Waals surface area contributed by atoms with Crippen molar-refractivity contribution in [2.45, 2.75) is 56.9 Å². The van der Waals surface area contributed by atoms with E-state index in [9.17, 15) is 13.6 Å². The van der Waals surface area contributed by atoms with Gasteiger partial charge in [-0.1, -0.05) is 29.3 Å². The summed E-state index contributed by atoms with van der Waals surface area (Å²) < 4.78 is 30.4. The Morgan fingerprint density at radius 3 is 2.44 bits per heavy atom. The van der Waals surface area contributed by atoms with Crippen LogP contribution in [0, 0.1) is 24.5 Å². The van der Waals surface area contributed by atoms with Crippen molar-refractivity contribution < 1.29 is 13.6 Å². The van der Waals surface area contributed by atoms with Gasteiger partial charge in [0.25, 0.3) is 0 Å². The molecule has 208 valence electrons. The van der Waals surface area contributed by atoms with Crippen molar-refractivity contribution in [3.05, 3.63) is 81.1 Å². The lowest BCUT2D eigenvalue weighted by molar-refractivity contribution is -0.137. The first-order chi connectivity index (χ1) is 18.5. The van der Waals surface area contributed by atoms with Crippen LogP contribution in [0.3, 0.4) is 0 Å². The Hall–Kier alpha value is -2.48. The van der Waals surface area contributed by atoms with Gasteiger partial charge in [0.1, 0.15) is 11.6 Å². The molecule has 3 aromatic rings. The van der Waals surface area contributed by atoms with E-state index in [2.05, 4.69) is 17.9 Å². The number of aromatic nitrogens is 2. The van der Waals surface area contributed by atoms with Crippen molar-refractivity contribution >= 4 is 29.1 Å². The quantitative estimate of drug-likeness (QED) is 0.330. The number of benzene rings is 2. The van der Waals surface area contributed by atoms with E-state index in [1.807, 2.05) is 36.7 Å². The van der Waals surface area contributed by atoms with Crippen molar-refractivity contribution in [3.8, 4) is 5.69 Å². The molecule has 3 atom stereocenters. The molecule has 2 fully saturated rings. The van der Waals surface area contributed by atoms with Gasteiger partial charge in [-0.15, -0.1) is 0 Å². The largest absolute Gasteiger partial charge is 0.342 e. The fourth-order valence-electron chi connectivity index (χ4n) is 6.35. The standard InChI is InChI=1S/C30H34Cl2F2N4O/c1-18-13-27(38(35-18)28-14-20(31)5-8-25(28)32)19-9-11-37(12-10-19)29(39)24-17-30(2,36(3)4)16-23(24)22-7-6-21(33)15-26(22)34/h5-8,13-15,19,23-24H,9-12,16-17H2,1-4H3/t23-,24-,30-/m1/s1. The first-order valence-corrected chi connectivity index (χ1v) is 14.2. The minimum absolute atomic E-state index is 0.0512. The SMILES string of the molecule is Cc1cc(C2CCN(C(=O)[C@@H]3C[C@](C)(N(C)C)C[C@@H]3c3ccc(F)cc3F)CC2)n(-c2cc(Cl)ccc2Cl)n1. The summed E-state index contributed by atoms with van der Waals surface area (Å²) in [5.74, 6) is -1.61. The minimum Gasteiger partial charge on any atom is -0.342 e. The van der Waals surface area contributed by atoms with Gasteiger partial charge < -0.3 is 9.80 Å². The number of hydrogen-bond donors (Lipinski definition) is 0. The summed E-state index contributed by atoms with van der Waals surface area (Å²) in [6.45, 7) is 5.27. The van der Waals surface area contributed by atoms with E-state index in [1.54, 1.807) is 12.1 Å². The molecule has 0 bridgehead atoms. The Morgan fingerprint density at radius 2 is 1.77 bits per heavy atom. The van der Waals surface area contributed by atoms with Crippen LogP contribution in [0.5, 0.6) is 0 Å². The van der Waals surface area contributed by atoms with Crippen LogP contribution in [0.2, 0.25) is 10.0 Å². The molecule has 1 aliphatic heterocycles. The van der Waals surface area contributed by atoms with Crippen molar-refractivity contribution in [3.63, 3.8) is 0 Å². The molecule has 2 aliphatic rings. The molecule has 1 saturated heterocycles. The van der Waals surface area contributed by atoms with Crippen molar-refractivity contribution in [2.75, 3.05) is 27.2 Å². The zero-order chi connectivity index (χ0) is 28.1. The molecular formula is C30H34Cl2F2N4O. The van der Waals surface area contributed by atoms with Crippen LogP contribution in [-0.2, 0) is 4.79 Å². The fraction of sp³-hybridized carbons (Fsp3) is 0.467. The summed E-state index contributed by atoms with van der Waals surface area (Å²) in [4.78, 5) is 18.0. The van der Waals surface area contributed by atoms with E-state index in [0.717, 1.165) is 36.0 Å². The molecular weight excluding hydrogens is 541 g/mol. The van der Waals surface area contributed by atoms with Gasteiger partial charge >= 0.3 is 0 Å². The van der Waals surface area contributed by atoms with E-state index in [-0.39, 0.29) is 29.2 Å². The van der Waals surface area contributed by atoms with E-state index in [1.165, 1.54) is 12.1 Å². The number of hydrogen-bond acceptors (Lipinski definition) is 3. The second-order valence-corrected chi connectivity index (χ2v) is 12.3. The fourth-order valence-corrected chi connectivity index (χ4v) is 6.71. The molecule has 2 heterocycles.